The maximum Gasteiger partial charge on any atom is 0.329 e. The van der Waals surface area contributed by atoms with Crippen molar-refractivity contribution in [1.29, 1.82) is 0 Å². The number of rotatable bonds is 8. The third kappa shape index (κ3) is 6.70. The first-order chi connectivity index (χ1) is 14.1. The largest absolute Gasteiger partial charge is 0.454 e. The monoisotopic (exact) mass is 432 g/mol. The van der Waals surface area contributed by atoms with Gasteiger partial charge in [-0.05, 0) is 42.3 Å². The first-order valence-corrected chi connectivity index (χ1v) is 11.1. The van der Waals surface area contributed by atoms with E-state index in [4.69, 9.17) is 4.74 Å². The highest BCUT2D eigenvalue weighted by Gasteiger charge is 2.26. The van der Waals surface area contributed by atoms with Gasteiger partial charge in [0.1, 0.15) is 6.04 Å². The first-order valence-electron chi connectivity index (χ1n) is 9.20. The van der Waals surface area contributed by atoms with Crippen molar-refractivity contribution in [3.63, 3.8) is 0 Å². The van der Waals surface area contributed by atoms with Crippen LogP contribution in [-0.2, 0) is 24.2 Å². The van der Waals surface area contributed by atoms with Crippen molar-refractivity contribution in [2.45, 2.75) is 24.8 Å². The molecule has 0 bridgehead atoms. The van der Waals surface area contributed by atoms with Gasteiger partial charge in [-0.2, -0.15) is 0 Å². The number of carbonyl (C=O) groups is 3. The summed E-state index contributed by atoms with van der Waals surface area (Å²) in [7, 11) is -3.33. The van der Waals surface area contributed by atoms with E-state index in [1.165, 1.54) is 24.3 Å². The molecule has 9 heteroatoms. The molecule has 0 unspecified atom stereocenters. The molecule has 2 amide bonds. The van der Waals surface area contributed by atoms with Crippen LogP contribution in [0.15, 0.2) is 59.5 Å². The molecule has 2 rings (SSSR count). The number of hydrogen-bond donors (Lipinski definition) is 2. The standard InChI is InChI=1S/C21H24N2O6S/c1-14(2)19(23-20(25)15-7-5-4-6-8-15)21(26)29-13-18(24)22-16-9-11-17(12-10-16)30(3,27)28/h4-12,14,19H,13H2,1-3H3,(H,22,24)(H,23,25)/t19-/m0/s1. The van der Waals surface area contributed by atoms with Gasteiger partial charge in [-0.1, -0.05) is 32.0 Å². The Labute approximate surface area is 175 Å². The Balaban J connectivity index is 1.91. The van der Waals surface area contributed by atoms with Crippen LogP contribution in [0.25, 0.3) is 0 Å². The van der Waals surface area contributed by atoms with Crippen molar-refractivity contribution >= 4 is 33.3 Å². The van der Waals surface area contributed by atoms with E-state index in [1.54, 1.807) is 44.2 Å². The van der Waals surface area contributed by atoms with Gasteiger partial charge in [-0.25, -0.2) is 13.2 Å². The number of amides is 2. The average Bonchev–Trinajstić information content (AvgIpc) is 2.70. The number of esters is 1. The van der Waals surface area contributed by atoms with Gasteiger partial charge >= 0.3 is 5.97 Å². The summed E-state index contributed by atoms with van der Waals surface area (Å²) in [5.41, 5.74) is 0.771. The molecule has 1 atom stereocenters. The van der Waals surface area contributed by atoms with E-state index >= 15 is 0 Å². The summed E-state index contributed by atoms with van der Waals surface area (Å²) < 4.78 is 28.0. The summed E-state index contributed by atoms with van der Waals surface area (Å²) in [5, 5.41) is 5.14. The van der Waals surface area contributed by atoms with Gasteiger partial charge in [0.15, 0.2) is 16.4 Å². The highest BCUT2D eigenvalue weighted by molar-refractivity contribution is 7.90. The predicted octanol–water partition coefficient (Wildman–Crippen LogP) is 2.03. The van der Waals surface area contributed by atoms with E-state index < -0.39 is 40.3 Å². The van der Waals surface area contributed by atoms with Crippen LogP contribution >= 0.6 is 0 Å². The zero-order valence-corrected chi connectivity index (χ0v) is 17.7. The predicted molar refractivity (Wildman–Crippen MR) is 112 cm³/mol. The number of anilines is 1. The van der Waals surface area contributed by atoms with Crippen LogP contribution in [0.3, 0.4) is 0 Å². The molecule has 0 aromatic heterocycles. The highest BCUT2D eigenvalue weighted by atomic mass is 32.2. The Morgan fingerprint density at radius 3 is 2.10 bits per heavy atom. The van der Waals surface area contributed by atoms with Gasteiger partial charge in [0, 0.05) is 17.5 Å². The number of benzene rings is 2. The summed E-state index contributed by atoms with van der Waals surface area (Å²) in [6, 6.07) is 13.1. The van der Waals surface area contributed by atoms with Crippen LogP contribution in [0.5, 0.6) is 0 Å². The lowest BCUT2D eigenvalue weighted by atomic mass is 10.0. The molecule has 0 fully saturated rings. The molecule has 0 aliphatic rings. The van der Waals surface area contributed by atoms with E-state index in [0.717, 1.165) is 6.26 Å². The molecule has 0 aliphatic heterocycles. The molecular formula is C21H24N2O6S. The zero-order valence-electron chi connectivity index (χ0n) is 16.9. The summed E-state index contributed by atoms with van der Waals surface area (Å²) in [4.78, 5) is 36.8. The fraction of sp³-hybridized carbons (Fsp3) is 0.286. The third-order valence-electron chi connectivity index (χ3n) is 4.15. The Morgan fingerprint density at radius 2 is 1.57 bits per heavy atom. The van der Waals surface area contributed by atoms with Gasteiger partial charge in [-0.3, -0.25) is 9.59 Å². The zero-order chi connectivity index (χ0) is 22.3. The molecule has 0 heterocycles. The number of hydrogen-bond acceptors (Lipinski definition) is 6. The van der Waals surface area contributed by atoms with Crippen molar-refractivity contribution in [3.05, 3.63) is 60.2 Å². The molecule has 2 N–H and O–H groups in total. The topological polar surface area (TPSA) is 119 Å². The average molecular weight is 432 g/mol. The second-order valence-electron chi connectivity index (χ2n) is 7.01. The second-order valence-corrected chi connectivity index (χ2v) is 9.03. The summed E-state index contributed by atoms with van der Waals surface area (Å²) in [6.45, 7) is 2.96. The SMILES string of the molecule is CC(C)[C@H](NC(=O)c1ccccc1)C(=O)OCC(=O)Nc1ccc(S(C)(=O)=O)cc1. The molecule has 0 saturated heterocycles. The van der Waals surface area contributed by atoms with E-state index in [0.29, 0.717) is 11.3 Å². The van der Waals surface area contributed by atoms with Crippen molar-refractivity contribution in [1.82, 2.24) is 5.32 Å². The van der Waals surface area contributed by atoms with E-state index in [2.05, 4.69) is 10.6 Å². The third-order valence-corrected chi connectivity index (χ3v) is 5.28. The van der Waals surface area contributed by atoms with E-state index in [1.807, 2.05) is 0 Å². The Kier molecular flexibility index (Phi) is 7.71. The van der Waals surface area contributed by atoms with Crippen molar-refractivity contribution < 1.29 is 27.5 Å². The Morgan fingerprint density at radius 1 is 0.967 bits per heavy atom. The molecule has 0 radical (unpaired) electrons. The highest BCUT2D eigenvalue weighted by Crippen LogP contribution is 2.14. The van der Waals surface area contributed by atoms with Crippen LogP contribution in [0.4, 0.5) is 5.69 Å². The summed E-state index contributed by atoms with van der Waals surface area (Å²) >= 11 is 0. The maximum absolute atomic E-state index is 12.4. The second kappa shape index (κ2) is 10.0. The van der Waals surface area contributed by atoms with Crippen molar-refractivity contribution in [2.75, 3.05) is 18.2 Å². The fourth-order valence-corrected chi connectivity index (χ4v) is 3.15. The van der Waals surface area contributed by atoms with Gasteiger partial charge in [0.05, 0.1) is 4.90 Å². The van der Waals surface area contributed by atoms with Gasteiger partial charge in [-0.15, -0.1) is 0 Å². The number of ether oxygens (including phenoxy) is 1. The number of carbonyl (C=O) groups excluding carboxylic acids is 3. The molecule has 0 spiro atoms. The summed E-state index contributed by atoms with van der Waals surface area (Å²) in [6.07, 6.45) is 1.09. The van der Waals surface area contributed by atoms with Crippen LogP contribution in [0.2, 0.25) is 0 Å². The molecule has 2 aromatic rings. The molecular weight excluding hydrogens is 408 g/mol. The molecule has 0 aliphatic carbocycles. The lowest BCUT2D eigenvalue weighted by Gasteiger charge is -2.20. The van der Waals surface area contributed by atoms with Gasteiger partial charge in [0.25, 0.3) is 11.8 Å². The molecule has 0 saturated carbocycles. The van der Waals surface area contributed by atoms with Crippen LogP contribution < -0.4 is 10.6 Å². The first kappa shape index (κ1) is 23.1. The van der Waals surface area contributed by atoms with E-state index in [-0.39, 0.29) is 10.8 Å². The molecule has 2 aromatic carbocycles. The molecule has 30 heavy (non-hydrogen) atoms. The van der Waals surface area contributed by atoms with Gasteiger partial charge in [0.2, 0.25) is 0 Å². The molecule has 8 nitrogen and oxygen atoms in total. The minimum Gasteiger partial charge on any atom is -0.454 e. The van der Waals surface area contributed by atoms with Crippen molar-refractivity contribution in [3.8, 4) is 0 Å². The maximum atomic E-state index is 12.4. The summed E-state index contributed by atoms with van der Waals surface area (Å²) in [5.74, 6) is -1.98. The van der Waals surface area contributed by atoms with Gasteiger partial charge < -0.3 is 15.4 Å². The number of nitrogens with one attached hydrogen (secondary N) is 2. The lowest BCUT2D eigenvalue weighted by Crippen LogP contribution is -2.45. The quantitative estimate of drug-likeness (QED) is 0.616. The minimum atomic E-state index is -3.33. The van der Waals surface area contributed by atoms with E-state index in [9.17, 15) is 22.8 Å². The Hall–Kier alpha value is -3.20. The molecule has 160 valence electrons. The van der Waals surface area contributed by atoms with Crippen molar-refractivity contribution in [2.24, 2.45) is 5.92 Å². The van der Waals surface area contributed by atoms with Crippen LogP contribution in [0, 0.1) is 5.92 Å². The number of sulfone groups is 1. The lowest BCUT2D eigenvalue weighted by molar-refractivity contribution is -0.150. The van der Waals surface area contributed by atoms with Crippen LogP contribution in [0.1, 0.15) is 24.2 Å². The fourth-order valence-electron chi connectivity index (χ4n) is 2.52. The normalized spacial score (nSPS) is 12.1. The smallest absolute Gasteiger partial charge is 0.329 e. The van der Waals surface area contributed by atoms with Crippen LogP contribution in [-0.4, -0.2) is 45.1 Å². The minimum absolute atomic E-state index is 0.126. The Bertz CT molecular complexity index is 1000.